The fraction of sp³-hybridized carbons (Fsp3) is 0.190. The molecular weight excluding hydrogens is 465 g/mol. The summed E-state index contributed by atoms with van der Waals surface area (Å²) in [6.45, 7) is -0.330. The molecule has 0 bridgehead atoms. The van der Waals surface area contributed by atoms with Gasteiger partial charge in [0.25, 0.3) is 11.8 Å². The standard InChI is InChI=1S/C21H15F3N2O4S2/c1-29-15-4-3-12(6-13(15)21(22,23)24)9-26-14-7-11(2-5-16(14)30-10-18(26)27)8-17-19(28)25-20(31)32-17/h2-8H,9-10H2,1H3,(H,25,28,31)/b17-8+. The number of hydrogen-bond acceptors (Lipinski definition) is 6. The van der Waals surface area contributed by atoms with E-state index in [0.29, 0.717) is 26.2 Å². The van der Waals surface area contributed by atoms with Crippen LogP contribution in [0.1, 0.15) is 16.7 Å². The van der Waals surface area contributed by atoms with Gasteiger partial charge < -0.3 is 19.7 Å². The van der Waals surface area contributed by atoms with Gasteiger partial charge in [-0.1, -0.05) is 36.1 Å². The number of methoxy groups -OCH3 is 1. The summed E-state index contributed by atoms with van der Waals surface area (Å²) in [7, 11) is 1.16. The van der Waals surface area contributed by atoms with E-state index in [1.165, 1.54) is 17.0 Å². The van der Waals surface area contributed by atoms with Crippen molar-refractivity contribution in [2.24, 2.45) is 0 Å². The molecule has 2 aliphatic rings. The molecule has 2 heterocycles. The average Bonchev–Trinajstić information content (AvgIpc) is 3.06. The number of ether oxygens (including phenoxy) is 2. The molecule has 0 radical (unpaired) electrons. The SMILES string of the molecule is COc1ccc(CN2C(=O)COc3ccc(/C=C4/SC(=S)NC4=O)cc32)cc1C(F)(F)F. The predicted molar refractivity (Wildman–Crippen MR) is 117 cm³/mol. The number of rotatable bonds is 4. The molecule has 1 saturated heterocycles. The fourth-order valence-corrected chi connectivity index (χ4v) is 4.36. The topological polar surface area (TPSA) is 67.9 Å². The van der Waals surface area contributed by atoms with Gasteiger partial charge >= 0.3 is 6.18 Å². The maximum atomic E-state index is 13.4. The second-order valence-electron chi connectivity index (χ2n) is 6.88. The summed E-state index contributed by atoms with van der Waals surface area (Å²) in [5.74, 6) is -0.606. The second-order valence-corrected chi connectivity index (χ2v) is 8.60. The Morgan fingerprint density at radius 1 is 1.25 bits per heavy atom. The average molecular weight is 480 g/mol. The van der Waals surface area contributed by atoms with Crippen molar-refractivity contribution in [2.75, 3.05) is 18.6 Å². The van der Waals surface area contributed by atoms with E-state index >= 15 is 0 Å². The molecule has 4 rings (SSSR count). The van der Waals surface area contributed by atoms with Gasteiger partial charge in [0.15, 0.2) is 6.61 Å². The van der Waals surface area contributed by atoms with E-state index in [1.807, 2.05) is 0 Å². The number of carbonyl (C=O) groups excluding carboxylic acids is 2. The molecule has 0 unspecified atom stereocenters. The number of nitrogens with one attached hydrogen (secondary N) is 1. The number of amides is 2. The Kier molecular flexibility index (Phi) is 5.87. The number of thiocarbonyl (C=S) groups is 1. The first-order chi connectivity index (χ1) is 15.2. The smallest absolute Gasteiger partial charge is 0.419 e. The Morgan fingerprint density at radius 3 is 2.69 bits per heavy atom. The molecule has 6 nitrogen and oxygen atoms in total. The van der Waals surface area contributed by atoms with E-state index in [4.69, 9.17) is 21.7 Å². The Labute approximate surface area is 190 Å². The summed E-state index contributed by atoms with van der Waals surface area (Å²) >= 11 is 6.10. The summed E-state index contributed by atoms with van der Waals surface area (Å²) in [6.07, 6.45) is -2.99. The van der Waals surface area contributed by atoms with Gasteiger partial charge in [-0.2, -0.15) is 13.2 Å². The quantitative estimate of drug-likeness (QED) is 0.525. The van der Waals surface area contributed by atoms with Crippen LogP contribution in [0.2, 0.25) is 0 Å². The maximum absolute atomic E-state index is 13.4. The van der Waals surface area contributed by atoms with E-state index < -0.39 is 17.6 Å². The Bertz CT molecular complexity index is 1160. The van der Waals surface area contributed by atoms with Gasteiger partial charge in [0.05, 0.1) is 29.8 Å². The molecule has 166 valence electrons. The van der Waals surface area contributed by atoms with E-state index in [1.54, 1.807) is 24.3 Å². The van der Waals surface area contributed by atoms with Crippen LogP contribution >= 0.6 is 24.0 Å². The van der Waals surface area contributed by atoms with Crippen LogP contribution in [0.25, 0.3) is 6.08 Å². The molecule has 2 aromatic carbocycles. The number of carbonyl (C=O) groups is 2. The van der Waals surface area contributed by atoms with Gasteiger partial charge in [0.1, 0.15) is 15.8 Å². The summed E-state index contributed by atoms with van der Waals surface area (Å²) < 4.78 is 50.8. The minimum absolute atomic E-state index is 0.0956. The molecule has 2 aliphatic heterocycles. The maximum Gasteiger partial charge on any atom is 0.419 e. The fourth-order valence-electron chi connectivity index (χ4n) is 3.31. The lowest BCUT2D eigenvalue weighted by molar-refractivity contribution is -0.138. The highest BCUT2D eigenvalue weighted by Crippen LogP contribution is 2.39. The van der Waals surface area contributed by atoms with E-state index in [0.717, 1.165) is 24.9 Å². The molecule has 0 saturated carbocycles. The first kappa shape index (κ1) is 22.2. The lowest BCUT2D eigenvalue weighted by atomic mass is 10.1. The Morgan fingerprint density at radius 2 is 2.03 bits per heavy atom. The van der Waals surface area contributed by atoms with Gasteiger partial charge in [-0.05, 0) is 41.5 Å². The summed E-state index contributed by atoms with van der Waals surface area (Å²) in [6, 6.07) is 8.67. The van der Waals surface area contributed by atoms with Crippen LogP contribution in [-0.4, -0.2) is 29.9 Å². The monoisotopic (exact) mass is 480 g/mol. The van der Waals surface area contributed by atoms with Crippen LogP contribution in [-0.2, 0) is 22.3 Å². The molecule has 2 amide bonds. The van der Waals surface area contributed by atoms with Crippen molar-refractivity contribution in [1.29, 1.82) is 0 Å². The highest BCUT2D eigenvalue weighted by atomic mass is 32.2. The highest BCUT2D eigenvalue weighted by molar-refractivity contribution is 8.26. The third-order valence-electron chi connectivity index (χ3n) is 4.78. The lowest BCUT2D eigenvalue weighted by Crippen LogP contribution is -2.38. The van der Waals surface area contributed by atoms with Gasteiger partial charge in [0, 0.05) is 0 Å². The van der Waals surface area contributed by atoms with Crippen LogP contribution < -0.4 is 19.7 Å². The second kappa shape index (κ2) is 8.47. The van der Waals surface area contributed by atoms with Crippen LogP contribution in [0.15, 0.2) is 41.3 Å². The number of hydrogen-bond donors (Lipinski definition) is 1. The first-order valence-corrected chi connectivity index (χ1v) is 10.4. The van der Waals surface area contributed by atoms with Crippen molar-refractivity contribution in [1.82, 2.24) is 5.32 Å². The van der Waals surface area contributed by atoms with Crippen molar-refractivity contribution < 1.29 is 32.2 Å². The van der Waals surface area contributed by atoms with Crippen LogP contribution in [0.5, 0.6) is 11.5 Å². The van der Waals surface area contributed by atoms with Gasteiger partial charge in [-0.25, -0.2) is 0 Å². The number of halogens is 3. The van der Waals surface area contributed by atoms with Crippen LogP contribution in [0, 0.1) is 0 Å². The van der Waals surface area contributed by atoms with Gasteiger partial charge in [0.2, 0.25) is 0 Å². The third kappa shape index (κ3) is 4.44. The van der Waals surface area contributed by atoms with Crippen molar-refractivity contribution in [3.8, 4) is 11.5 Å². The minimum atomic E-state index is -4.60. The van der Waals surface area contributed by atoms with Crippen LogP contribution in [0.4, 0.5) is 18.9 Å². The summed E-state index contributed by atoms with van der Waals surface area (Å²) in [5, 5.41) is 2.52. The van der Waals surface area contributed by atoms with Gasteiger partial charge in [-0.15, -0.1) is 0 Å². The Hall–Kier alpha value is -3.05. The zero-order valence-corrected chi connectivity index (χ0v) is 18.1. The molecule has 2 aromatic rings. The molecule has 1 N–H and O–H groups in total. The van der Waals surface area contributed by atoms with E-state index in [-0.39, 0.29) is 30.4 Å². The van der Waals surface area contributed by atoms with Gasteiger partial charge in [-0.3, -0.25) is 9.59 Å². The van der Waals surface area contributed by atoms with Crippen molar-refractivity contribution in [2.45, 2.75) is 12.7 Å². The predicted octanol–water partition coefficient (Wildman–Crippen LogP) is 4.13. The number of fused-ring (bicyclic) bond motifs is 1. The minimum Gasteiger partial charge on any atom is -0.496 e. The number of benzene rings is 2. The molecule has 11 heteroatoms. The Balaban J connectivity index is 1.68. The molecule has 0 spiro atoms. The molecule has 0 aliphatic carbocycles. The van der Waals surface area contributed by atoms with Crippen molar-refractivity contribution in [3.63, 3.8) is 0 Å². The zero-order valence-electron chi connectivity index (χ0n) is 16.5. The largest absolute Gasteiger partial charge is 0.496 e. The molecule has 32 heavy (non-hydrogen) atoms. The molecule has 0 atom stereocenters. The molecular formula is C21H15F3N2O4S2. The zero-order chi connectivity index (χ0) is 23.0. The summed E-state index contributed by atoms with van der Waals surface area (Å²) in [4.78, 5) is 26.2. The number of thioether (sulfide) groups is 1. The number of anilines is 1. The highest BCUT2D eigenvalue weighted by Gasteiger charge is 2.35. The van der Waals surface area contributed by atoms with Crippen LogP contribution in [0.3, 0.4) is 0 Å². The summed E-state index contributed by atoms with van der Waals surface area (Å²) in [5.41, 5.74) is 0.363. The number of alkyl halides is 3. The molecule has 1 fully saturated rings. The lowest BCUT2D eigenvalue weighted by Gasteiger charge is -2.30. The number of nitrogens with zero attached hydrogens (tertiary/aromatic N) is 1. The normalized spacial score (nSPS) is 17.3. The van der Waals surface area contributed by atoms with E-state index in [9.17, 15) is 22.8 Å². The van der Waals surface area contributed by atoms with E-state index in [2.05, 4.69) is 5.32 Å². The first-order valence-electron chi connectivity index (χ1n) is 9.22. The third-order valence-corrected chi connectivity index (χ3v) is 5.94. The van der Waals surface area contributed by atoms with Crippen molar-refractivity contribution in [3.05, 3.63) is 58.0 Å². The molecule has 0 aromatic heterocycles. The van der Waals surface area contributed by atoms with Crippen molar-refractivity contribution >= 4 is 51.9 Å².